The Kier molecular flexibility index (Phi) is 6.23. The van der Waals surface area contributed by atoms with Crippen LogP contribution in [0.3, 0.4) is 0 Å². The Morgan fingerprint density at radius 2 is 1.89 bits per heavy atom. The smallest absolute Gasteiger partial charge is 0.272 e. The lowest BCUT2D eigenvalue weighted by Gasteiger charge is -2.07. The molecule has 0 atom stereocenters. The lowest BCUT2D eigenvalue weighted by Crippen LogP contribution is -2.28. The number of carbonyl (C=O) groups excluding carboxylic acids is 1. The molecule has 0 fully saturated rings. The van der Waals surface area contributed by atoms with Gasteiger partial charge in [0.05, 0.1) is 29.1 Å². The molecule has 3 rings (SSSR count). The van der Waals surface area contributed by atoms with E-state index in [1.165, 1.54) is 0 Å². The molecule has 0 saturated carbocycles. The number of hydrogen-bond donors (Lipinski definition) is 2. The van der Waals surface area contributed by atoms with Crippen LogP contribution in [0.25, 0.3) is 10.8 Å². The summed E-state index contributed by atoms with van der Waals surface area (Å²) in [7, 11) is 0. The number of nitrogens with zero attached hydrogens (tertiary/aromatic N) is 2. The molecular formula is C20H18N4O2S. The lowest BCUT2D eigenvalue weighted by atomic mass is 10.1. The van der Waals surface area contributed by atoms with Crippen molar-refractivity contribution in [1.29, 1.82) is 5.26 Å². The van der Waals surface area contributed by atoms with Gasteiger partial charge in [-0.1, -0.05) is 36.4 Å². The number of nitriles is 1. The molecule has 0 bridgehead atoms. The fourth-order valence-electron chi connectivity index (χ4n) is 2.72. The van der Waals surface area contributed by atoms with Crippen molar-refractivity contribution in [3.8, 4) is 6.07 Å². The second kappa shape index (κ2) is 9.01. The van der Waals surface area contributed by atoms with Crippen molar-refractivity contribution in [2.45, 2.75) is 12.2 Å². The summed E-state index contributed by atoms with van der Waals surface area (Å²) in [5, 5.41) is 19.6. The summed E-state index contributed by atoms with van der Waals surface area (Å²) in [4.78, 5) is 24.0. The first-order valence-corrected chi connectivity index (χ1v) is 9.63. The summed E-state index contributed by atoms with van der Waals surface area (Å²) in [6, 6.07) is 16.8. The summed E-state index contributed by atoms with van der Waals surface area (Å²) in [5.74, 6) is 1.33. The van der Waals surface area contributed by atoms with Crippen molar-refractivity contribution in [3.63, 3.8) is 0 Å². The van der Waals surface area contributed by atoms with Crippen molar-refractivity contribution >= 4 is 28.4 Å². The highest BCUT2D eigenvalue weighted by atomic mass is 32.2. The van der Waals surface area contributed by atoms with Gasteiger partial charge in [-0.15, -0.1) is 0 Å². The predicted molar refractivity (Wildman–Crippen MR) is 106 cm³/mol. The molecule has 2 N–H and O–H groups in total. The summed E-state index contributed by atoms with van der Waals surface area (Å²) < 4.78 is 0. The first-order valence-electron chi connectivity index (χ1n) is 8.48. The van der Waals surface area contributed by atoms with E-state index in [4.69, 9.17) is 5.26 Å². The summed E-state index contributed by atoms with van der Waals surface area (Å²) >= 11 is 1.66. The summed E-state index contributed by atoms with van der Waals surface area (Å²) in [5.41, 5.74) is 1.98. The number of fused-ring (bicyclic) bond motifs is 1. The number of thioether (sulfide) groups is 1. The predicted octanol–water partition coefficient (Wildman–Crippen LogP) is 2.39. The molecule has 3 aromatic rings. The van der Waals surface area contributed by atoms with Crippen LogP contribution in [-0.2, 0) is 17.0 Å². The molecular weight excluding hydrogens is 360 g/mol. The van der Waals surface area contributed by atoms with Crippen molar-refractivity contribution in [2.75, 3.05) is 12.3 Å². The van der Waals surface area contributed by atoms with Crippen molar-refractivity contribution in [3.05, 3.63) is 75.7 Å². The van der Waals surface area contributed by atoms with Gasteiger partial charge in [-0.3, -0.25) is 9.59 Å². The van der Waals surface area contributed by atoms with E-state index in [1.807, 2.05) is 24.3 Å². The second-order valence-corrected chi connectivity index (χ2v) is 7.00. The first kappa shape index (κ1) is 18.7. The molecule has 136 valence electrons. The molecule has 27 heavy (non-hydrogen) atoms. The van der Waals surface area contributed by atoms with Gasteiger partial charge < -0.3 is 5.32 Å². The maximum absolute atomic E-state index is 12.2. The molecule has 7 heteroatoms. The molecule has 0 unspecified atom stereocenters. The van der Waals surface area contributed by atoms with E-state index >= 15 is 0 Å². The number of aromatic amines is 1. The monoisotopic (exact) mass is 378 g/mol. The van der Waals surface area contributed by atoms with E-state index in [0.29, 0.717) is 28.6 Å². The minimum Gasteiger partial charge on any atom is -0.355 e. The summed E-state index contributed by atoms with van der Waals surface area (Å²) in [6.45, 7) is 0.527. The van der Waals surface area contributed by atoms with Crippen LogP contribution in [-0.4, -0.2) is 28.4 Å². The van der Waals surface area contributed by atoms with Gasteiger partial charge in [0.2, 0.25) is 5.91 Å². The van der Waals surface area contributed by atoms with Crippen LogP contribution in [0.1, 0.15) is 16.8 Å². The molecule has 0 spiro atoms. The Morgan fingerprint density at radius 1 is 1.15 bits per heavy atom. The molecule has 0 aliphatic rings. The van der Waals surface area contributed by atoms with Crippen LogP contribution < -0.4 is 10.9 Å². The molecule has 0 radical (unpaired) electrons. The number of rotatable bonds is 7. The van der Waals surface area contributed by atoms with Gasteiger partial charge in [0.25, 0.3) is 5.56 Å². The highest BCUT2D eigenvalue weighted by molar-refractivity contribution is 7.98. The normalized spacial score (nSPS) is 10.5. The fraction of sp³-hybridized carbons (Fsp3) is 0.200. The number of nitrogens with one attached hydrogen (secondary N) is 2. The molecule has 2 aromatic carbocycles. The van der Waals surface area contributed by atoms with Gasteiger partial charge in [-0.2, -0.15) is 22.1 Å². The Labute approximate surface area is 160 Å². The van der Waals surface area contributed by atoms with Gasteiger partial charge in [-0.05, 0) is 17.7 Å². The van der Waals surface area contributed by atoms with Crippen LogP contribution in [0.2, 0.25) is 0 Å². The van der Waals surface area contributed by atoms with Crippen molar-refractivity contribution < 1.29 is 4.79 Å². The average Bonchev–Trinajstić information content (AvgIpc) is 2.70. The van der Waals surface area contributed by atoms with Crippen LogP contribution in [0.5, 0.6) is 0 Å². The number of carbonyl (C=O) groups is 1. The van der Waals surface area contributed by atoms with E-state index in [-0.39, 0.29) is 17.9 Å². The summed E-state index contributed by atoms with van der Waals surface area (Å²) in [6.07, 6.45) is 0.110. The average molecular weight is 378 g/mol. The third-order valence-corrected chi connectivity index (χ3v) is 5.07. The molecule has 1 heterocycles. The largest absolute Gasteiger partial charge is 0.355 e. The maximum Gasteiger partial charge on any atom is 0.272 e. The van der Waals surface area contributed by atoms with Gasteiger partial charge in [-0.25, -0.2) is 5.10 Å². The Morgan fingerprint density at radius 3 is 2.70 bits per heavy atom. The quantitative estimate of drug-likeness (QED) is 0.615. The molecule has 1 amide bonds. The standard InChI is InChI=1S/C20H18N4O2S/c21-12-14-5-1-2-6-15(14)13-27-10-9-22-19(25)11-18-16-7-3-4-8-17(16)20(26)24-23-18/h1-8H,9-11,13H2,(H,22,25)(H,24,26). The fourth-order valence-corrected chi connectivity index (χ4v) is 3.58. The van der Waals surface area contributed by atoms with Crippen LogP contribution in [0.4, 0.5) is 0 Å². The van der Waals surface area contributed by atoms with Gasteiger partial charge >= 0.3 is 0 Å². The van der Waals surface area contributed by atoms with Crippen molar-refractivity contribution in [1.82, 2.24) is 15.5 Å². The van der Waals surface area contributed by atoms with Gasteiger partial charge in [0.15, 0.2) is 0 Å². The molecule has 1 aromatic heterocycles. The molecule has 0 aliphatic heterocycles. The molecule has 6 nitrogen and oxygen atoms in total. The Hall–Kier alpha value is -3.11. The van der Waals surface area contributed by atoms with E-state index < -0.39 is 0 Å². The Balaban J connectivity index is 1.49. The third-order valence-electron chi connectivity index (χ3n) is 4.07. The number of benzene rings is 2. The number of amides is 1. The van der Waals surface area contributed by atoms with Gasteiger partial charge in [0, 0.05) is 23.4 Å². The molecule has 0 aliphatic carbocycles. The topological polar surface area (TPSA) is 98.6 Å². The van der Waals surface area contributed by atoms with E-state index in [0.717, 1.165) is 17.1 Å². The highest BCUT2D eigenvalue weighted by Crippen LogP contribution is 2.16. The first-order chi connectivity index (χ1) is 13.2. The highest BCUT2D eigenvalue weighted by Gasteiger charge is 2.10. The zero-order chi connectivity index (χ0) is 19.1. The van der Waals surface area contributed by atoms with E-state index in [2.05, 4.69) is 21.6 Å². The lowest BCUT2D eigenvalue weighted by molar-refractivity contribution is -0.120. The van der Waals surface area contributed by atoms with Crippen LogP contribution in [0.15, 0.2) is 53.3 Å². The minimum atomic E-state index is -0.260. The zero-order valence-electron chi connectivity index (χ0n) is 14.6. The van der Waals surface area contributed by atoms with Gasteiger partial charge in [0.1, 0.15) is 0 Å². The SMILES string of the molecule is N#Cc1ccccc1CSCCNC(=O)Cc1n[nH]c(=O)c2ccccc12. The van der Waals surface area contributed by atoms with Crippen LogP contribution >= 0.6 is 11.8 Å². The minimum absolute atomic E-state index is 0.110. The molecule has 0 saturated heterocycles. The maximum atomic E-state index is 12.2. The van der Waals surface area contributed by atoms with E-state index in [1.54, 1.807) is 36.0 Å². The van der Waals surface area contributed by atoms with Crippen LogP contribution in [0, 0.1) is 11.3 Å². The Bertz CT molecular complexity index is 1060. The second-order valence-electron chi connectivity index (χ2n) is 5.89. The number of H-pyrrole nitrogens is 1. The van der Waals surface area contributed by atoms with Crippen molar-refractivity contribution in [2.24, 2.45) is 0 Å². The van der Waals surface area contributed by atoms with E-state index in [9.17, 15) is 9.59 Å². The number of hydrogen-bond acceptors (Lipinski definition) is 5. The zero-order valence-corrected chi connectivity index (χ0v) is 15.4. The third kappa shape index (κ3) is 4.74. The number of aromatic nitrogens is 2.